The minimum atomic E-state index is -0.155. The minimum Gasteiger partial charge on any atom is -0.491 e. The van der Waals surface area contributed by atoms with Crippen molar-refractivity contribution in [1.82, 2.24) is 5.32 Å². The number of hydrogen-bond acceptors (Lipinski definition) is 3. The topological polar surface area (TPSA) is 64.3 Å². The zero-order chi connectivity index (χ0) is 14.4. The Hall–Kier alpha value is -1.62. The third-order valence-electron chi connectivity index (χ3n) is 2.35. The number of rotatable bonds is 6. The number of ether oxygens (including phenoxy) is 1. The number of hydrogen-bond donors (Lipinski definition) is 2. The molecule has 1 aromatic rings. The summed E-state index contributed by atoms with van der Waals surface area (Å²) >= 11 is 4.82. The van der Waals surface area contributed by atoms with E-state index in [0.717, 1.165) is 0 Å². The molecule has 5 heteroatoms. The zero-order valence-corrected chi connectivity index (χ0v) is 12.3. The molecule has 0 aliphatic heterocycles. The van der Waals surface area contributed by atoms with Crippen molar-refractivity contribution in [3.63, 3.8) is 0 Å². The number of thiocarbonyl (C=S) groups is 1. The van der Waals surface area contributed by atoms with Gasteiger partial charge < -0.3 is 15.8 Å². The van der Waals surface area contributed by atoms with Crippen molar-refractivity contribution in [3.05, 3.63) is 29.8 Å². The second kappa shape index (κ2) is 7.09. The highest BCUT2D eigenvalue weighted by molar-refractivity contribution is 7.80. The molecule has 0 heterocycles. The monoisotopic (exact) mass is 280 g/mol. The molecule has 0 spiro atoms. The molecule has 0 aliphatic carbocycles. The normalized spacial score (nSPS) is 12.0. The van der Waals surface area contributed by atoms with Crippen LogP contribution in [0.1, 0.15) is 37.6 Å². The van der Waals surface area contributed by atoms with E-state index in [1.165, 1.54) is 0 Å². The lowest BCUT2D eigenvalue weighted by Crippen LogP contribution is -2.35. The highest BCUT2D eigenvalue weighted by atomic mass is 32.1. The van der Waals surface area contributed by atoms with Gasteiger partial charge in [0.05, 0.1) is 11.1 Å². The molecule has 1 unspecified atom stereocenters. The predicted molar refractivity (Wildman–Crippen MR) is 80.5 cm³/mol. The van der Waals surface area contributed by atoms with Crippen LogP contribution in [0.4, 0.5) is 0 Å². The lowest BCUT2D eigenvalue weighted by atomic mass is 10.1. The third kappa shape index (κ3) is 5.70. The summed E-state index contributed by atoms with van der Waals surface area (Å²) in [6.45, 7) is 5.75. The smallest absolute Gasteiger partial charge is 0.251 e. The molecule has 4 nitrogen and oxygen atoms in total. The number of carbonyl (C=O) groups excluding carboxylic acids is 1. The molecular formula is C14H20N2O2S. The lowest BCUT2D eigenvalue weighted by molar-refractivity contribution is 0.0940. The molecule has 3 N–H and O–H groups in total. The van der Waals surface area contributed by atoms with E-state index in [4.69, 9.17) is 22.7 Å². The van der Waals surface area contributed by atoms with Gasteiger partial charge in [-0.2, -0.15) is 0 Å². The quantitative estimate of drug-likeness (QED) is 0.785. The van der Waals surface area contributed by atoms with E-state index in [1.54, 1.807) is 18.2 Å². The summed E-state index contributed by atoms with van der Waals surface area (Å²) in [6.07, 6.45) is 0.565. The van der Waals surface area contributed by atoms with E-state index >= 15 is 0 Å². The van der Waals surface area contributed by atoms with E-state index in [2.05, 4.69) is 5.32 Å². The standard InChI is InChI=1S/C14H20N2O2S/c1-9(2)18-12-6-4-5-11(8-12)14(17)16-10(3)7-13(15)19/h4-6,8-10H,7H2,1-3H3,(H2,15,19)(H,16,17). The van der Waals surface area contributed by atoms with Gasteiger partial charge in [-0.05, 0) is 39.0 Å². The summed E-state index contributed by atoms with van der Waals surface area (Å²) < 4.78 is 5.55. The summed E-state index contributed by atoms with van der Waals surface area (Å²) in [5, 5.41) is 2.85. The van der Waals surface area contributed by atoms with Gasteiger partial charge in [0.25, 0.3) is 5.91 Å². The van der Waals surface area contributed by atoms with E-state index < -0.39 is 0 Å². The Morgan fingerprint density at radius 1 is 1.42 bits per heavy atom. The van der Waals surface area contributed by atoms with Crippen LogP contribution >= 0.6 is 12.2 Å². The van der Waals surface area contributed by atoms with Crippen LogP contribution in [-0.2, 0) is 0 Å². The first-order chi connectivity index (χ1) is 8.88. The molecule has 0 saturated heterocycles. The van der Waals surface area contributed by atoms with E-state index in [-0.39, 0.29) is 18.1 Å². The van der Waals surface area contributed by atoms with Crippen LogP contribution in [0.25, 0.3) is 0 Å². The molecule has 1 atom stereocenters. The summed E-state index contributed by atoms with van der Waals surface area (Å²) in [5.41, 5.74) is 6.01. The number of benzene rings is 1. The Balaban J connectivity index is 2.68. The first kappa shape index (κ1) is 15.4. The van der Waals surface area contributed by atoms with Crippen molar-refractivity contribution >= 4 is 23.1 Å². The Kier molecular flexibility index (Phi) is 5.76. The number of amides is 1. The van der Waals surface area contributed by atoms with Crippen molar-refractivity contribution in [2.75, 3.05) is 0 Å². The number of carbonyl (C=O) groups is 1. The minimum absolute atomic E-state index is 0.0758. The molecule has 0 aliphatic rings. The van der Waals surface area contributed by atoms with Gasteiger partial charge in [-0.15, -0.1) is 0 Å². The van der Waals surface area contributed by atoms with Crippen LogP contribution in [0, 0.1) is 0 Å². The Labute approximate surface area is 119 Å². The van der Waals surface area contributed by atoms with Crippen molar-refractivity contribution in [1.29, 1.82) is 0 Å². The Morgan fingerprint density at radius 3 is 2.68 bits per heavy atom. The second-order valence-electron chi connectivity index (χ2n) is 4.74. The third-order valence-corrected chi connectivity index (χ3v) is 2.52. The lowest BCUT2D eigenvalue weighted by Gasteiger charge is -2.14. The summed E-state index contributed by atoms with van der Waals surface area (Å²) in [6, 6.07) is 7.01. The van der Waals surface area contributed by atoms with Gasteiger partial charge in [0.2, 0.25) is 0 Å². The van der Waals surface area contributed by atoms with Crippen molar-refractivity contribution < 1.29 is 9.53 Å². The van der Waals surface area contributed by atoms with Gasteiger partial charge in [0, 0.05) is 18.0 Å². The van der Waals surface area contributed by atoms with Gasteiger partial charge in [0.15, 0.2) is 0 Å². The van der Waals surface area contributed by atoms with Crippen molar-refractivity contribution in [3.8, 4) is 5.75 Å². The van der Waals surface area contributed by atoms with Gasteiger partial charge in [-0.3, -0.25) is 4.79 Å². The molecule has 104 valence electrons. The van der Waals surface area contributed by atoms with E-state index in [1.807, 2.05) is 26.8 Å². The van der Waals surface area contributed by atoms with Crippen LogP contribution in [0.3, 0.4) is 0 Å². The van der Waals surface area contributed by atoms with Crippen molar-refractivity contribution in [2.45, 2.75) is 39.3 Å². The van der Waals surface area contributed by atoms with Crippen LogP contribution in [-0.4, -0.2) is 23.0 Å². The highest BCUT2D eigenvalue weighted by Crippen LogP contribution is 2.15. The predicted octanol–water partition coefficient (Wildman–Crippen LogP) is 2.27. The Bertz CT molecular complexity index is 461. The van der Waals surface area contributed by atoms with Crippen LogP contribution < -0.4 is 15.8 Å². The maximum Gasteiger partial charge on any atom is 0.251 e. The maximum atomic E-state index is 12.0. The zero-order valence-electron chi connectivity index (χ0n) is 11.5. The molecule has 0 fully saturated rings. The molecule has 1 amide bonds. The van der Waals surface area contributed by atoms with E-state index in [0.29, 0.717) is 22.7 Å². The molecule has 0 saturated carbocycles. The number of nitrogens with two attached hydrogens (primary N) is 1. The molecular weight excluding hydrogens is 260 g/mol. The fourth-order valence-electron chi connectivity index (χ4n) is 1.64. The molecule has 0 bridgehead atoms. The average Bonchev–Trinajstić information content (AvgIpc) is 2.27. The fourth-order valence-corrected chi connectivity index (χ4v) is 1.89. The van der Waals surface area contributed by atoms with E-state index in [9.17, 15) is 4.79 Å². The van der Waals surface area contributed by atoms with Gasteiger partial charge in [0.1, 0.15) is 5.75 Å². The van der Waals surface area contributed by atoms with Crippen LogP contribution in [0.2, 0.25) is 0 Å². The highest BCUT2D eigenvalue weighted by Gasteiger charge is 2.11. The van der Waals surface area contributed by atoms with Crippen LogP contribution in [0.5, 0.6) is 5.75 Å². The van der Waals surface area contributed by atoms with Crippen molar-refractivity contribution in [2.24, 2.45) is 5.73 Å². The SMILES string of the molecule is CC(CC(N)=S)NC(=O)c1cccc(OC(C)C)c1. The largest absolute Gasteiger partial charge is 0.491 e. The average molecular weight is 280 g/mol. The first-order valence-corrected chi connectivity index (χ1v) is 6.65. The van der Waals surface area contributed by atoms with Crippen LogP contribution in [0.15, 0.2) is 24.3 Å². The summed E-state index contributed by atoms with van der Waals surface area (Å²) in [5.74, 6) is 0.530. The molecule has 1 rings (SSSR count). The van der Waals surface area contributed by atoms with Gasteiger partial charge in [-0.1, -0.05) is 18.3 Å². The van der Waals surface area contributed by atoms with Gasteiger partial charge in [-0.25, -0.2) is 0 Å². The van der Waals surface area contributed by atoms with Gasteiger partial charge >= 0.3 is 0 Å². The molecule has 0 radical (unpaired) electrons. The Morgan fingerprint density at radius 2 is 2.11 bits per heavy atom. The molecule has 1 aromatic carbocycles. The second-order valence-corrected chi connectivity index (χ2v) is 5.26. The molecule has 0 aromatic heterocycles. The number of nitrogens with one attached hydrogen (secondary N) is 1. The fraction of sp³-hybridized carbons (Fsp3) is 0.429. The summed E-state index contributed by atoms with van der Waals surface area (Å²) in [4.78, 5) is 12.4. The first-order valence-electron chi connectivity index (χ1n) is 6.24. The summed E-state index contributed by atoms with van der Waals surface area (Å²) in [7, 11) is 0. The maximum absolute atomic E-state index is 12.0. The molecule has 19 heavy (non-hydrogen) atoms.